The number of nitrogens with zero attached hydrogens (tertiary/aromatic N) is 3. The molecule has 0 saturated heterocycles. The molecule has 1 aromatic heterocycles. The summed E-state index contributed by atoms with van der Waals surface area (Å²) >= 11 is 0. The van der Waals surface area contributed by atoms with Crippen LogP contribution in [0.4, 0.5) is 5.69 Å². The maximum atomic E-state index is 12.3. The number of carbonyl (C=O) groups excluding carboxylic acids is 1. The molecule has 0 bridgehead atoms. The first-order valence-electron chi connectivity index (χ1n) is 8.67. The fourth-order valence-electron chi connectivity index (χ4n) is 2.54. The lowest BCUT2D eigenvalue weighted by Crippen LogP contribution is -2.42. The summed E-state index contributed by atoms with van der Waals surface area (Å²) in [7, 11) is 0. The van der Waals surface area contributed by atoms with Crippen LogP contribution in [0.3, 0.4) is 0 Å². The van der Waals surface area contributed by atoms with Crippen LogP contribution in [0.5, 0.6) is 0 Å². The smallest absolute Gasteiger partial charge is 0.239 e. The van der Waals surface area contributed by atoms with Crippen molar-refractivity contribution in [1.82, 2.24) is 15.6 Å². The quantitative estimate of drug-likeness (QED) is 0.660. The van der Waals surface area contributed by atoms with Crippen LogP contribution in [-0.2, 0) is 11.2 Å². The average Bonchev–Trinajstić information content (AvgIpc) is 3.15. The largest absolute Gasteiger partial charge is 0.339 e. The number of carbonyl (C=O) groups is 1. The van der Waals surface area contributed by atoms with Crippen LogP contribution in [0, 0.1) is 6.92 Å². The highest BCUT2D eigenvalue weighted by Crippen LogP contribution is 2.16. The summed E-state index contributed by atoms with van der Waals surface area (Å²) < 4.78 is 5.24. The maximum Gasteiger partial charge on any atom is 0.239 e. The normalized spacial score (nSPS) is 10.5. The Bertz CT molecular complexity index is 844. The Labute approximate surface area is 152 Å². The number of hydrogen-bond donors (Lipinski definition) is 1. The van der Waals surface area contributed by atoms with E-state index < -0.39 is 0 Å². The summed E-state index contributed by atoms with van der Waals surface area (Å²) in [6.45, 7) is 4.70. The Morgan fingerprint density at radius 1 is 1.12 bits per heavy atom. The van der Waals surface area contributed by atoms with Crippen molar-refractivity contribution in [2.45, 2.75) is 26.7 Å². The number of benzene rings is 2. The van der Waals surface area contributed by atoms with E-state index in [1.54, 1.807) is 0 Å². The molecule has 0 aliphatic rings. The van der Waals surface area contributed by atoms with Gasteiger partial charge in [-0.15, -0.1) is 0 Å². The first-order valence-corrected chi connectivity index (χ1v) is 8.67. The summed E-state index contributed by atoms with van der Waals surface area (Å²) in [6, 6.07) is 17.6. The number of hydrazine groups is 1. The van der Waals surface area contributed by atoms with E-state index in [0.717, 1.165) is 11.3 Å². The van der Waals surface area contributed by atoms with Gasteiger partial charge in [-0.05, 0) is 26.0 Å². The topological polar surface area (TPSA) is 71.3 Å². The summed E-state index contributed by atoms with van der Waals surface area (Å²) in [5.74, 6) is 0.903. The van der Waals surface area contributed by atoms with Gasteiger partial charge < -0.3 is 4.52 Å². The minimum atomic E-state index is -0.0908. The number of nitrogens with one attached hydrogen (secondary N) is 1. The highest BCUT2D eigenvalue weighted by atomic mass is 16.5. The van der Waals surface area contributed by atoms with Gasteiger partial charge in [0.25, 0.3) is 0 Å². The number of rotatable bonds is 7. The molecule has 0 unspecified atom stereocenters. The predicted octanol–water partition coefficient (Wildman–Crippen LogP) is 3.54. The first-order chi connectivity index (χ1) is 12.7. The van der Waals surface area contributed by atoms with Gasteiger partial charge in [0, 0.05) is 24.9 Å². The molecule has 6 nitrogen and oxygen atoms in total. The highest BCUT2D eigenvalue weighted by molar-refractivity contribution is 5.78. The molecule has 0 saturated carbocycles. The van der Waals surface area contributed by atoms with Crippen molar-refractivity contribution in [3.63, 3.8) is 0 Å². The molecule has 1 heterocycles. The summed E-state index contributed by atoms with van der Waals surface area (Å²) in [6.07, 6.45) is 0.676. The van der Waals surface area contributed by atoms with E-state index in [2.05, 4.69) is 15.6 Å². The highest BCUT2D eigenvalue weighted by Gasteiger charge is 2.12. The van der Waals surface area contributed by atoms with Crippen molar-refractivity contribution < 1.29 is 9.32 Å². The van der Waals surface area contributed by atoms with Gasteiger partial charge in [-0.25, -0.2) is 0 Å². The van der Waals surface area contributed by atoms with E-state index in [9.17, 15) is 4.79 Å². The van der Waals surface area contributed by atoms with Gasteiger partial charge in [0.05, 0.1) is 5.69 Å². The lowest BCUT2D eigenvalue weighted by molar-refractivity contribution is -0.121. The van der Waals surface area contributed by atoms with Gasteiger partial charge in [0.15, 0.2) is 0 Å². The molecule has 26 heavy (non-hydrogen) atoms. The lowest BCUT2D eigenvalue weighted by atomic mass is 10.2. The van der Waals surface area contributed by atoms with Crippen molar-refractivity contribution in [2.75, 3.05) is 11.6 Å². The van der Waals surface area contributed by atoms with Crippen molar-refractivity contribution in [3.8, 4) is 11.4 Å². The second kappa shape index (κ2) is 8.29. The summed E-state index contributed by atoms with van der Waals surface area (Å²) in [4.78, 5) is 16.6. The molecule has 3 aromatic rings. The minimum Gasteiger partial charge on any atom is -0.339 e. The molecular formula is C20H22N4O2. The van der Waals surface area contributed by atoms with Crippen LogP contribution in [0.1, 0.15) is 24.8 Å². The zero-order valence-electron chi connectivity index (χ0n) is 15.0. The molecule has 134 valence electrons. The van der Waals surface area contributed by atoms with Crippen molar-refractivity contribution in [3.05, 3.63) is 66.1 Å². The van der Waals surface area contributed by atoms with Gasteiger partial charge in [-0.1, -0.05) is 53.2 Å². The summed E-state index contributed by atoms with van der Waals surface area (Å²) in [5, 5.41) is 5.79. The Hall–Kier alpha value is -3.15. The van der Waals surface area contributed by atoms with E-state index >= 15 is 0 Å². The van der Waals surface area contributed by atoms with E-state index in [1.807, 2.05) is 73.5 Å². The van der Waals surface area contributed by atoms with Crippen LogP contribution in [-0.4, -0.2) is 22.6 Å². The molecule has 0 fully saturated rings. The Kier molecular flexibility index (Phi) is 5.63. The molecule has 0 radical (unpaired) electrons. The molecule has 0 spiro atoms. The third-order valence-electron chi connectivity index (χ3n) is 3.99. The zero-order valence-corrected chi connectivity index (χ0v) is 15.0. The van der Waals surface area contributed by atoms with Crippen LogP contribution < -0.4 is 10.4 Å². The van der Waals surface area contributed by atoms with E-state index in [4.69, 9.17) is 4.52 Å². The zero-order chi connectivity index (χ0) is 18.4. The first kappa shape index (κ1) is 17.7. The molecule has 1 amide bonds. The second-order valence-electron chi connectivity index (χ2n) is 5.99. The monoisotopic (exact) mass is 350 g/mol. The molecule has 0 atom stereocenters. The van der Waals surface area contributed by atoms with Gasteiger partial charge in [-0.2, -0.15) is 4.98 Å². The third-order valence-corrected chi connectivity index (χ3v) is 3.99. The molecule has 1 N–H and O–H groups in total. The van der Waals surface area contributed by atoms with Gasteiger partial charge in [0.1, 0.15) is 0 Å². The second-order valence-corrected chi connectivity index (χ2v) is 5.99. The van der Waals surface area contributed by atoms with Crippen LogP contribution >= 0.6 is 0 Å². The number of aryl methyl sites for hydroxylation is 2. The minimum absolute atomic E-state index is 0.0908. The van der Waals surface area contributed by atoms with Gasteiger partial charge in [-0.3, -0.25) is 15.2 Å². The van der Waals surface area contributed by atoms with Gasteiger partial charge >= 0.3 is 0 Å². The SMILES string of the molecule is CCN(NC(=O)CCc1nc(-c2ccccc2)no1)c1ccc(C)cc1. The van der Waals surface area contributed by atoms with Gasteiger partial charge in [0.2, 0.25) is 17.6 Å². The van der Waals surface area contributed by atoms with Crippen molar-refractivity contribution in [1.29, 1.82) is 0 Å². The number of amides is 1. The Balaban J connectivity index is 1.55. The van der Waals surface area contributed by atoms with E-state index in [1.165, 1.54) is 5.56 Å². The molecule has 6 heteroatoms. The number of aromatic nitrogens is 2. The van der Waals surface area contributed by atoms with E-state index in [0.29, 0.717) is 24.7 Å². The predicted molar refractivity (Wildman–Crippen MR) is 100 cm³/mol. The van der Waals surface area contributed by atoms with Crippen molar-refractivity contribution >= 4 is 11.6 Å². The molecular weight excluding hydrogens is 328 g/mol. The number of anilines is 1. The van der Waals surface area contributed by atoms with E-state index in [-0.39, 0.29) is 12.3 Å². The summed E-state index contributed by atoms with van der Waals surface area (Å²) in [5.41, 5.74) is 5.94. The molecule has 3 rings (SSSR count). The lowest BCUT2D eigenvalue weighted by Gasteiger charge is -2.23. The fraction of sp³-hybridized carbons (Fsp3) is 0.250. The molecule has 2 aromatic carbocycles. The third kappa shape index (κ3) is 4.47. The number of hydrogen-bond acceptors (Lipinski definition) is 5. The Morgan fingerprint density at radius 3 is 2.54 bits per heavy atom. The maximum absolute atomic E-state index is 12.3. The standard InChI is InChI=1S/C20H22N4O2/c1-3-24(17-11-9-15(2)10-12-17)22-18(25)13-14-19-21-20(23-26-19)16-7-5-4-6-8-16/h4-12H,3,13-14H2,1-2H3,(H,22,25). The molecule has 0 aliphatic carbocycles. The van der Waals surface area contributed by atoms with Crippen molar-refractivity contribution in [2.24, 2.45) is 0 Å². The van der Waals surface area contributed by atoms with Crippen LogP contribution in [0.15, 0.2) is 59.1 Å². The van der Waals surface area contributed by atoms with Crippen LogP contribution in [0.2, 0.25) is 0 Å². The Morgan fingerprint density at radius 2 is 1.85 bits per heavy atom. The molecule has 0 aliphatic heterocycles. The van der Waals surface area contributed by atoms with Crippen LogP contribution in [0.25, 0.3) is 11.4 Å². The fourth-order valence-corrected chi connectivity index (χ4v) is 2.54. The average molecular weight is 350 g/mol.